The lowest BCUT2D eigenvalue weighted by atomic mass is 10.2. The number of thiophene rings is 1. The number of ether oxygens (including phenoxy) is 1. The standard InChI is InChI=1S/C20H25F3N4O3S2/c21-20(22,23)14-30-9-2-4-26-5-7-27(8-6-26)18(29)11-15-13-32-19(24-15)25-17(28)12-16-3-1-10-31-16/h1,3,10,13H,2,4-9,11-12,14H2,(H,24,25,28). The van der Waals surface area contributed by atoms with Gasteiger partial charge in [-0.2, -0.15) is 13.2 Å². The molecule has 0 unspecified atom stereocenters. The smallest absolute Gasteiger partial charge is 0.372 e. The number of anilines is 1. The van der Waals surface area contributed by atoms with E-state index in [1.165, 1.54) is 22.7 Å². The maximum atomic E-state index is 12.6. The zero-order valence-electron chi connectivity index (χ0n) is 17.4. The summed E-state index contributed by atoms with van der Waals surface area (Å²) in [5.74, 6) is -0.167. The molecule has 176 valence electrons. The van der Waals surface area contributed by atoms with Crippen molar-refractivity contribution >= 4 is 39.6 Å². The predicted molar refractivity (Wildman–Crippen MR) is 117 cm³/mol. The van der Waals surface area contributed by atoms with Crippen LogP contribution in [0.5, 0.6) is 0 Å². The Hall–Kier alpha value is -2.02. The van der Waals surface area contributed by atoms with E-state index in [1.54, 1.807) is 10.3 Å². The molecule has 2 amide bonds. The van der Waals surface area contributed by atoms with Crippen LogP contribution in [-0.4, -0.2) is 78.7 Å². The van der Waals surface area contributed by atoms with Crippen molar-refractivity contribution in [3.8, 4) is 0 Å². The highest BCUT2D eigenvalue weighted by atomic mass is 32.1. The van der Waals surface area contributed by atoms with E-state index >= 15 is 0 Å². The third kappa shape index (κ3) is 8.49. The van der Waals surface area contributed by atoms with E-state index < -0.39 is 12.8 Å². The molecule has 2 aromatic rings. The Bertz CT molecular complexity index is 866. The molecule has 32 heavy (non-hydrogen) atoms. The predicted octanol–water partition coefficient (Wildman–Crippen LogP) is 3.04. The second-order valence-corrected chi connectivity index (χ2v) is 9.26. The molecule has 0 spiro atoms. The number of rotatable bonds is 10. The molecule has 7 nitrogen and oxygen atoms in total. The lowest BCUT2D eigenvalue weighted by Gasteiger charge is -2.34. The number of thiazole rings is 1. The van der Waals surface area contributed by atoms with Crippen LogP contribution in [-0.2, 0) is 27.2 Å². The number of nitrogens with one attached hydrogen (secondary N) is 1. The minimum Gasteiger partial charge on any atom is -0.372 e. The maximum Gasteiger partial charge on any atom is 0.411 e. The first-order valence-electron chi connectivity index (χ1n) is 10.2. The molecule has 0 bridgehead atoms. The van der Waals surface area contributed by atoms with Crippen LogP contribution in [0.1, 0.15) is 17.0 Å². The van der Waals surface area contributed by atoms with Crippen LogP contribution >= 0.6 is 22.7 Å². The first kappa shape index (κ1) is 24.6. The van der Waals surface area contributed by atoms with Crippen molar-refractivity contribution in [1.82, 2.24) is 14.8 Å². The van der Waals surface area contributed by atoms with Gasteiger partial charge >= 0.3 is 6.18 Å². The van der Waals surface area contributed by atoms with E-state index in [4.69, 9.17) is 0 Å². The minimum atomic E-state index is -4.29. The third-order valence-corrected chi connectivity index (χ3v) is 6.48. The van der Waals surface area contributed by atoms with Gasteiger partial charge in [0, 0.05) is 49.6 Å². The van der Waals surface area contributed by atoms with Crippen LogP contribution in [0.25, 0.3) is 0 Å². The lowest BCUT2D eigenvalue weighted by molar-refractivity contribution is -0.174. The molecular weight excluding hydrogens is 465 g/mol. The normalized spacial score (nSPS) is 15.2. The Morgan fingerprint density at radius 3 is 2.62 bits per heavy atom. The zero-order valence-corrected chi connectivity index (χ0v) is 19.0. The van der Waals surface area contributed by atoms with Crippen LogP contribution in [0.3, 0.4) is 0 Å². The van der Waals surface area contributed by atoms with Crippen molar-refractivity contribution in [2.24, 2.45) is 0 Å². The van der Waals surface area contributed by atoms with E-state index in [-0.39, 0.29) is 24.8 Å². The van der Waals surface area contributed by atoms with Gasteiger partial charge < -0.3 is 15.0 Å². The first-order valence-corrected chi connectivity index (χ1v) is 12.0. The Morgan fingerprint density at radius 1 is 1.16 bits per heavy atom. The summed E-state index contributed by atoms with van der Waals surface area (Å²) in [6.07, 6.45) is -3.31. The highest BCUT2D eigenvalue weighted by Gasteiger charge is 2.27. The number of amides is 2. The van der Waals surface area contributed by atoms with Gasteiger partial charge in [-0.05, 0) is 17.9 Å². The molecule has 0 aliphatic carbocycles. The van der Waals surface area contributed by atoms with E-state index in [0.29, 0.717) is 56.4 Å². The lowest BCUT2D eigenvalue weighted by Crippen LogP contribution is -2.49. The summed E-state index contributed by atoms with van der Waals surface area (Å²) in [5.41, 5.74) is 0.621. The van der Waals surface area contributed by atoms with Gasteiger partial charge in [0.2, 0.25) is 11.8 Å². The molecule has 0 saturated carbocycles. The highest BCUT2D eigenvalue weighted by Crippen LogP contribution is 2.18. The SMILES string of the molecule is O=C(Cc1cccs1)Nc1nc(CC(=O)N2CCN(CCCOCC(F)(F)F)CC2)cs1. The van der Waals surface area contributed by atoms with Crippen molar-refractivity contribution in [2.75, 3.05) is 51.3 Å². The van der Waals surface area contributed by atoms with Crippen molar-refractivity contribution < 1.29 is 27.5 Å². The topological polar surface area (TPSA) is 74.8 Å². The monoisotopic (exact) mass is 490 g/mol. The fraction of sp³-hybridized carbons (Fsp3) is 0.550. The van der Waals surface area contributed by atoms with Gasteiger partial charge in [-0.15, -0.1) is 22.7 Å². The molecule has 3 heterocycles. The number of hydrogen-bond donors (Lipinski definition) is 1. The third-order valence-electron chi connectivity index (χ3n) is 4.80. The van der Waals surface area contributed by atoms with Gasteiger partial charge in [-0.1, -0.05) is 6.07 Å². The first-order chi connectivity index (χ1) is 15.3. The van der Waals surface area contributed by atoms with Gasteiger partial charge in [0.15, 0.2) is 5.13 Å². The molecule has 1 fully saturated rings. The number of carbonyl (C=O) groups is 2. The summed E-state index contributed by atoms with van der Waals surface area (Å²) < 4.78 is 40.8. The molecule has 1 saturated heterocycles. The number of hydrogen-bond acceptors (Lipinski definition) is 7. The van der Waals surface area contributed by atoms with Crippen molar-refractivity contribution in [1.29, 1.82) is 0 Å². The fourth-order valence-corrected chi connectivity index (χ4v) is 4.68. The molecule has 1 N–H and O–H groups in total. The zero-order chi connectivity index (χ0) is 23.0. The Labute approximate surface area is 192 Å². The average Bonchev–Trinajstić information content (AvgIpc) is 3.39. The second kappa shape index (κ2) is 11.7. The largest absolute Gasteiger partial charge is 0.411 e. The fourth-order valence-electron chi connectivity index (χ4n) is 3.25. The molecule has 12 heteroatoms. The summed E-state index contributed by atoms with van der Waals surface area (Å²) in [7, 11) is 0. The second-order valence-electron chi connectivity index (χ2n) is 7.37. The van der Waals surface area contributed by atoms with E-state index in [2.05, 4.69) is 19.9 Å². The quantitative estimate of drug-likeness (QED) is 0.519. The van der Waals surface area contributed by atoms with E-state index in [0.717, 1.165) is 4.88 Å². The number of alkyl halides is 3. The molecule has 1 aliphatic rings. The van der Waals surface area contributed by atoms with Crippen LogP contribution in [0, 0.1) is 0 Å². The van der Waals surface area contributed by atoms with Crippen molar-refractivity contribution in [3.63, 3.8) is 0 Å². The number of nitrogens with zero attached hydrogens (tertiary/aromatic N) is 3. The maximum absolute atomic E-state index is 12.6. The summed E-state index contributed by atoms with van der Waals surface area (Å²) in [5, 5.41) is 6.94. The van der Waals surface area contributed by atoms with E-state index in [1.807, 2.05) is 17.5 Å². The molecule has 0 atom stereocenters. The van der Waals surface area contributed by atoms with Gasteiger partial charge in [-0.3, -0.25) is 14.5 Å². The molecular formula is C20H25F3N4O3S2. The van der Waals surface area contributed by atoms with Crippen LogP contribution in [0.4, 0.5) is 18.3 Å². The summed E-state index contributed by atoms with van der Waals surface area (Å²) in [6, 6.07) is 3.80. The average molecular weight is 491 g/mol. The summed E-state index contributed by atoms with van der Waals surface area (Å²) in [6.45, 7) is 1.97. The Kier molecular flexibility index (Phi) is 9.02. The van der Waals surface area contributed by atoms with Gasteiger partial charge in [-0.25, -0.2) is 4.98 Å². The van der Waals surface area contributed by atoms with Gasteiger partial charge in [0.25, 0.3) is 0 Å². The highest BCUT2D eigenvalue weighted by molar-refractivity contribution is 7.14. The minimum absolute atomic E-state index is 0.0278. The molecule has 3 rings (SSSR count). The van der Waals surface area contributed by atoms with Crippen molar-refractivity contribution in [2.45, 2.75) is 25.4 Å². The molecule has 2 aromatic heterocycles. The van der Waals surface area contributed by atoms with Crippen LogP contribution in [0.15, 0.2) is 22.9 Å². The summed E-state index contributed by atoms with van der Waals surface area (Å²) in [4.78, 5) is 33.8. The summed E-state index contributed by atoms with van der Waals surface area (Å²) >= 11 is 2.81. The number of carbonyl (C=O) groups excluding carboxylic acids is 2. The number of halogens is 3. The number of piperazine rings is 1. The molecule has 0 radical (unpaired) electrons. The Morgan fingerprint density at radius 2 is 1.94 bits per heavy atom. The van der Waals surface area contributed by atoms with Gasteiger partial charge in [0.05, 0.1) is 18.5 Å². The Balaban J connectivity index is 1.33. The molecule has 0 aromatic carbocycles. The van der Waals surface area contributed by atoms with E-state index in [9.17, 15) is 22.8 Å². The van der Waals surface area contributed by atoms with Crippen molar-refractivity contribution in [3.05, 3.63) is 33.5 Å². The van der Waals surface area contributed by atoms with Crippen LogP contribution < -0.4 is 5.32 Å². The van der Waals surface area contributed by atoms with Crippen LogP contribution in [0.2, 0.25) is 0 Å². The van der Waals surface area contributed by atoms with Gasteiger partial charge in [0.1, 0.15) is 6.61 Å². The molecule has 1 aliphatic heterocycles. The number of aromatic nitrogens is 1.